The fourth-order valence-corrected chi connectivity index (χ4v) is 3.38. The van der Waals surface area contributed by atoms with E-state index in [0.717, 1.165) is 19.1 Å². The number of amides is 3. The minimum Gasteiger partial charge on any atom is -0.394 e. The van der Waals surface area contributed by atoms with Crippen LogP contribution in [0.4, 0.5) is 42.6 Å². The first kappa shape index (κ1) is 29.0. The van der Waals surface area contributed by atoms with Gasteiger partial charge in [0.15, 0.2) is 5.75 Å². The molecular weight excluding hydrogens is 520 g/mol. The highest BCUT2D eigenvalue weighted by Crippen LogP contribution is 2.31. The van der Waals surface area contributed by atoms with Crippen molar-refractivity contribution >= 4 is 34.9 Å². The summed E-state index contributed by atoms with van der Waals surface area (Å²) in [6.45, 7) is 1.21. The van der Waals surface area contributed by atoms with Gasteiger partial charge in [0.05, 0.1) is 34.6 Å². The van der Waals surface area contributed by atoms with E-state index in [1.54, 1.807) is 0 Å². The monoisotopic (exact) mass is 541 g/mol. The molecule has 0 radical (unpaired) electrons. The fourth-order valence-electron chi connectivity index (χ4n) is 3.17. The molecule has 1 heterocycles. The van der Waals surface area contributed by atoms with Gasteiger partial charge in [-0.3, -0.25) is 9.74 Å². The highest BCUT2D eigenvalue weighted by atomic mass is 35.5. The van der Waals surface area contributed by atoms with E-state index >= 15 is 0 Å². The molecule has 3 amide bonds. The lowest BCUT2D eigenvalue weighted by Crippen LogP contribution is -2.40. The number of hydrogen-bond donors (Lipinski definition) is 3. The van der Waals surface area contributed by atoms with Gasteiger partial charge in [-0.2, -0.15) is 13.2 Å². The molecule has 1 saturated heterocycles. The van der Waals surface area contributed by atoms with E-state index in [9.17, 15) is 41.2 Å². The molecule has 7 nitrogen and oxygen atoms in total. The third kappa shape index (κ3) is 7.65. The van der Waals surface area contributed by atoms with Gasteiger partial charge in [-0.05, 0) is 31.0 Å². The van der Waals surface area contributed by atoms with E-state index in [1.165, 1.54) is 17.0 Å². The van der Waals surface area contributed by atoms with Crippen molar-refractivity contribution in [2.45, 2.75) is 38.4 Å². The normalized spacial score (nSPS) is 15.1. The third-order valence-corrected chi connectivity index (χ3v) is 5.40. The van der Waals surface area contributed by atoms with Crippen molar-refractivity contribution in [3.05, 3.63) is 52.6 Å². The molecule has 1 aliphatic heterocycles. The third-order valence-electron chi connectivity index (χ3n) is 5.09. The van der Waals surface area contributed by atoms with Crippen LogP contribution in [0.3, 0.4) is 0 Å². The van der Waals surface area contributed by atoms with Crippen LogP contribution < -0.4 is 15.6 Å². The Bertz CT molecular complexity index is 1070. The molecule has 0 aromatic heterocycles. The van der Waals surface area contributed by atoms with Gasteiger partial charge in [-0.15, -0.1) is 0 Å². The van der Waals surface area contributed by atoms with Crippen LogP contribution in [-0.2, 0) is 0 Å². The van der Waals surface area contributed by atoms with Crippen LogP contribution >= 0.6 is 11.6 Å². The maximum atomic E-state index is 14.5. The summed E-state index contributed by atoms with van der Waals surface area (Å²) in [6.07, 6.45) is -3.41. The number of halogens is 7. The summed E-state index contributed by atoms with van der Waals surface area (Å²) in [7, 11) is 0. The summed E-state index contributed by atoms with van der Waals surface area (Å²) < 4.78 is 73.8. The number of hydrogen-bond acceptors (Lipinski definition) is 4. The van der Waals surface area contributed by atoms with E-state index in [0.29, 0.717) is 25.5 Å². The lowest BCUT2D eigenvalue weighted by atomic mass is 10.1. The molecule has 0 saturated carbocycles. The van der Waals surface area contributed by atoms with Gasteiger partial charge in [0, 0.05) is 23.6 Å². The summed E-state index contributed by atoms with van der Waals surface area (Å²) in [5.41, 5.74) is -1.38. The minimum atomic E-state index is -3.96. The number of para-hydroxylation sites is 1. The molecule has 0 aliphatic carbocycles. The Morgan fingerprint density at radius 2 is 1.86 bits per heavy atom. The zero-order valence-corrected chi connectivity index (χ0v) is 19.5. The number of aliphatic hydroxyl groups is 1. The van der Waals surface area contributed by atoms with Crippen LogP contribution in [0.5, 0.6) is 5.75 Å². The number of nitrogens with zero attached hydrogens (tertiary/aromatic N) is 1. The summed E-state index contributed by atoms with van der Waals surface area (Å²) in [4.78, 5) is 29.7. The average Bonchev–Trinajstić information content (AvgIpc) is 3.31. The molecule has 2 aromatic rings. The molecule has 3 N–H and O–H groups in total. The Balaban J connectivity index is 0.000000678. The number of carbonyl (C=O) groups is 2. The molecule has 1 fully saturated rings. The quantitative estimate of drug-likeness (QED) is 0.400. The number of nitrogens with one attached hydrogen (secondary N) is 2. The standard InChI is InChI=1S/C19H17ClF3N3O4.C3H5F3/c20-12-4-1-5-13(21)17(12)25-18(28)11-7-14(22)15(8-16(11)30-23)24-19(29)26-6-2-3-10(26)9-27;1-2-3(4,5)6/h1,4-5,7-8,10,27H,2-3,6,9H2,(H,24,29)(H,25,28);2H2,1H3. The SMILES string of the molecule is CCC(F)(F)F.O=C(Nc1c(F)cccc1Cl)c1cc(F)c(NC(=O)N2CCCC2CO)cc1OF. The number of aliphatic hydroxyl groups excluding tert-OH is 1. The number of urea groups is 1. The maximum Gasteiger partial charge on any atom is 0.388 e. The van der Waals surface area contributed by atoms with Gasteiger partial charge in [-0.25, -0.2) is 13.6 Å². The molecule has 1 atom stereocenters. The Hall–Kier alpha value is -3.19. The van der Waals surface area contributed by atoms with Crippen molar-refractivity contribution in [3.8, 4) is 5.75 Å². The predicted molar refractivity (Wildman–Crippen MR) is 120 cm³/mol. The van der Waals surface area contributed by atoms with Crippen LogP contribution in [0.2, 0.25) is 5.02 Å². The lowest BCUT2D eigenvalue weighted by molar-refractivity contribution is -0.130. The van der Waals surface area contributed by atoms with Crippen molar-refractivity contribution in [2.75, 3.05) is 23.8 Å². The summed E-state index contributed by atoms with van der Waals surface area (Å²) in [5.74, 6) is -3.66. The Morgan fingerprint density at radius 1 is 1.19 bits per heavy atom. The molecule has 0 bridgehead atoms. The van der Waals surface area contributed by atoms with Crippen LogP contribution in [-0.4, -0.2) is 47.3 Å². The molecule has 1 aliphatic rings. The zero-order chi connectivity index (χ0) is 27.0. The first-order valence-electron chi connectivity index (χ1n) is 10.5. The van der Waals surface area contributed by atoms with Crippen LogP contribution in [0, 0.1) is 11.6 Å². The largest absolute Gasteiger partial charge is 0.394 e. The number of rotatable bonds is 5. The van der Waals surface area contributed by atoms with Crippen LogP contribution in [0.15, 0.2) is 30.3 Å². The minimum absolute atomic E-state index is 0.112. The topological polar surface area (TPSA) is 90.9 Å². The lowest BCUT2D eigenvalue weighted by Gasteiger charge is -2.23. The Morgan fingerprint density at radius 3 is 2.42 bits per heavy atom. The van der Waals surface area contributed by atoms with Gasteiger partial charge in [0.2, 0.25) is 0 Å². The number of benzene rings is 2. The van der Waals surface area contributed by atoms with Crippen molar-refractivity contribution in [1.29, 1.82) is 0 Å². The molecule has 198 valence electrons. The van der Waals surface area contributed by atoms with E-state index in [1.807, 2.05) is 0 Å². The summed E-state index contributed by atoms with van der Waals surface area (Å²) in [6, 6.07) is 4.03. The van der Waals surface area contributed by atoms with Crippen molar-refractivity contribution in [2.24, 2.45) is 0 Å². The highest BCUT2D eigenvalue weighted by molar-refractivity contribution is 6.34. The van der Waals surface area contributed by atoms with Gasteiger partial charge in [0.25, 0.3) is 5.91 Å². The van der Waals surface area contributed by atoms with Gasteiger partial charge in [-0.1, -0.05) is 24.6 Å². The van der Waals surface area contributed by atoms with Crippen molar-refractivity contribution in [1.82, 2.24) is 4.90 Å². The molecular formula is C22H22ClF6N3O4. The van der Waals surface area contributed by atoms with Gasteiger partial charge in [0.1, 0.15) is 11.6 Å². The second kappa shape index (κ2) is 12.7. The Labute approximate surface area is 206 Å². The molecule has 0 spiro atoms. The maximum absolute atomic E-state index is 14.5. The van der Waals surface area contributed by atoms with Crippen molar-refractivity contribution in [3.63, 3.8) is 0 Å². The smallest absolute Gasteiger partial charge is 0.388 e. The van der Waals surface area contributed by atoms with Crippen LogP contribution in [0.1, 0.15) is 36.5 Å². The summed E-state index contributed by atoms with van der Waals surface area (Å²) >= 11 is 5.83. The fraction of sp³-hybridized carbons (Fsp3) is 0.364. The first-order valence-corrected chi connectivity index (χ1v) is 10.9. The number of carbonyl (C=O) groups excluding carboxylic acids is 2. The molecule has 14 heteroatoms. The number of anilines is 2. The molecule has 2 aromatic carbocycles. The van der Waals surface area contributed by atoms with Gasteiger partial charge < -0.3 is 20.6 Å². The van der Waals surface area contributed by atoms with E-state index in [2.05, 4.69) is 15.6 Å². The second-order valence-corrected chi connectivity index (χ2v) is 7.93. The zero-order valence-electron chi connectivity index (χ0n) is 18.8. The number of likely N-dealkylation sites (tertiary alicyclic amines) is 1. The van der Waals surface area contributed by atoms with E-state index in [-0.39, 0.29) is 17.3 Å². The predicted octanol–water partition coefficient (Wildman–Crippen LogP) is 6.08. The van der Waals surface area contributed by atoms with Gasteiger partial charge >= 0.3 is 12.2 Å². The molecule has 3 rings (SSSR count). The van der Waals surface area contributed by atoms with Crippen LogP contribution in [0.25, 0.3) is 0 Å². The van der Waals surface area contributed by atoms with E-state index < -0.39 is 59.2 Å². The first-order chi connectivity index (χ1) is 16.9. The average molecular weight is 542 g/mol. The molecule has 1 unspecified atom stereocenters. The highest BCUT2D eigenvalue weighted by Gasteiger charge is 2.29. The Kier molecular flexibility index (Phi) is 10.2. The van der Waals surface area contributed by atoms with Crippen molar-refractivity contribution < 1.29 is 46.1 Å². The number of alkyl halides is 3. The summed E-state index contributed by atoms with van der Waals surface area (Å²) in [5, 5.41) is 13.6. The van der Waals surface area contributed by atoms with E-state index in [4.69, 9.17) is 11.6 Å². The second-order valence-electron chi connectivity index (χ2n) is 7.53. The molecule has 36 heavy (non-hydrogen) atoms.